The molecule has 3 heteroatoms. The summed E-state index contributed by atoms with van der Waals surface area (Å²) in [6, 6.07) is 12.8. The summed E-state index contributed by atoms with van der Waals surface area (Å²) in [5.74, 6) is 0. The summed E-state index contributed by atoms with van der Waals surface area (Å²) < 4.78 is 1.06. The molecule has 0 aromatic heterocycles. The molecule has 0 aliphatic heterocycles. The fraction of sp³-hybridized carbons (Fsp3) is 0.250. The lowest BCUT2D eigenvalue weighted by Crippen LogP contribution is -2.13. The molecular weight excluding hydrogens is 300 g/mol. The lowest BCUT2D eigenvalue weighted by molar-refractivity contribution is 1.04. The second-order valence-electron chi connectivity index (χ2n) is 4.88. The fourth-order valence-electron chi connectivity index (χ4n) is 2.33. The third-order valence-corrected chi connectivity index (χ3v) is 3.71. The maximum absolute atomic E-state index is 5.85. The number of nitrogens with two attached hydrogens (primary N) is 1. The maximum atomic E-state index is 5.85. The van der Waals surface area contributed by atoms with Crippen LogP contribution in [0.4, 0.5) is 11.4 Å². The highest BCUT2D eigenvalue weighted by Crippen LogP contribution is 2.30. The van der Waals surface area contributed by atoms with Gasteiger partial charge < -0.3 is 10.6 Å². The van der Waals surface area contributed by atoms with E-state index in [0.29, 0.717) is 6.54 Å². The maximum Gasteiger partial charge on any atom is 0.0454 e. The number of hydrogen-bond donors (Lipinski definition) is 1. The number of benzene rings is 2. The second-order valence-corrected chi connectivity index (χ2v) is 5.80. The summed E-state index contributed by atoms with van der Waals surface area (Å²) in [5, 5.41) is 0. The van der Waals surface area contributed by atoms with Crippen LogP contribution in [0.2, 0.25) is 0 Å². The van der Waals surface area contributed by atoms with Gasteiger partial charge >= 0.3 is 0 Å². The molecular formula is C16H19BrN2. The van der Waals surface area contributed by atoms with Crippen LogP contribution in [-0.2, 0) is 6.54 Å². The molecule has 0 radical (unpaired) electrons. The molecule has 19 heavy (non-hydrogen) atoms. The highest BCUT2D eigenvalue weighted by molar-refractivity contribution is 9.10. The van der Waals surface area contributed by atoms with Gasteiger partial charge in [-0.25, -0.2) is 0 Å². The van der Waals surface area contributed by atoms with Crippen molar-refractivity contribution in [2.45, 2.75) is 20.4 Å². The summed E-state index contributed by atoms with van der Waals surface area (Å²) in [4.78, 5) is 2.19. The zero-order chi connectivity index (χ0) is 14.0. The zero-order valence-corrected chi connectivity index (χ0v) is 13.2. The molecule has 0 aliphatic carbocycles. The van der Waals surface area contributed by atoms with Gasteiger partial charge in [-0.3, -0.25) is 0 Å². The Kier molecular flexibility index (Phi) is 4.27. The average Bonchev–Trinajstić information content (AvgIpc) is 2.36. The van der Waals surface area contributed by atoms with E-state index in [2.05, 4.69) is 72.1 Å². The Morgan fingerprint density at radius 2 is 1.68 bits per heavy atom. The van der Waals surface area contributed by atoms with E-state index in [1.807, 2.05) is 6.07 Å². The van der Waals surface area contributed by atoms with Crippen LogP contribution in [0.15, 0.2) is 40.9 Å². The Morgan fingerprint density at radius 1 is 1.05 bits per heavy atom. The number of hydrogen-bond acceptors (Lipinski definition) is 2. The smallest absolute Gasteiger partial charge is 0.0454 e. The van der Waals surface area contributed by atoms with Crippen molar-refractivity contribution in [1.29, 1.82) is 0 Å². The molecule has 2 nitrogen and oxygen atoms in total. The highest BCUT2D eigenvalue weighted by atomic mass is 79.9. The number of aryl methyl sites for hydroxylation is 2. The largest absolute Gasteiger partial charge is 0.344 e. The molecule has 2 aromatic carbocycles. The molecule has 0 unspecified atom stereocenters. The van der Waals surface area contributed by atoms with Crippen molar-refractivity contribution >= 4 is 27.3 Å². The van der Waals surface area contributed by atoms with E-state index in [9.17, 15) is 0 Å². The van der Waals surface area contributed by atoms with Crippen LogP contribution < -0.4 is 10.6 Å². The Labute approximate surface area is 123 Å². The van der Waals surface area contributed by atoms with Gasteiger partial charge in [-0.15, -0.1) is 0 Å². The molecule has 0 saturated heterocycles. The molecule has 0 amide bonds. The van der Waals surface area contributed by atoms with Gasteiger partial charge in [0.1, 0.15) is 0 Å². The Bertz CT molecular complexity index is 573. The predicted molar refractivity (Wildman–Crippen MR) is 86.0 cm³/mol. The van der Waals surface area contributed by atoms with Crippen molar-refractivity contribution in [3.05, 3.63) is 57.6 Å². The Balaban J connectivity index is 2.46. The molecule has 2 rings (SSSR count). The predicted octanol–water partition coefficient (Wildman–Crippen LogP) is 4.29. The van der Waals surface area contributed by atoms with Gasteiger partial charge in [-0.05, 0) is 60.9 Å². The first-order valence-corrected chi connectivity index (χ1v) is 7.11. The number of halogens is 1. The summed E-state index contributed by atoms with van der Waals surface area (Å²) >= 11 is 3.49. The quantitative estimate of drug-likeness (QED) is 0.914. The first kappa shape index (κ1) is 14.1. The molecule has 0 bridgehead atoms. The van der Waals surface area contributed by atoms with Gasteiger partial charge in [0, 0.05) is 29.4 Å². The minimum absolute atomic E-state index is 0.532. The highest BCUT2D eigenvalue weighted by Gasteiger charge is 2.09. The van der Waals surface area contributed by atoms with Crippen molar-refractivity contribution in [2.75, 3.05) is 11.9 Å². The topological polar surface area (TPSA) is 29.3 Å². The number of anilines is 2. The molecule has 100 valence electrons. The van der Waals surface area contributed by atoms with E-state index >= 15 is 0 Å². The molecule has 0 aliphatic rings. The van der Waals surface area contributed by atoms with E-state index in [4.69, 9.17) is 5.73 Å². The monoisotopic (exact) mass is 318 g/mol. The third-order valence-electron chi connectivity index (χ3n) is 3.22. The van der Waals surface area contributed by atoms with E-state index in [0.717, 1.165) is 15.7 Å². The second kappa shape index (κ2) is 5.76. The van der Waals surface area contributed by atoms with Crippen LogP contribution in [0.1, 0.15) is 16.7 Å². The van der Waals surface area contributed by atoms with Gasteiger partial charge in [0.2, 0.25) is 0 Å². The Hall–Kier alpha value is -1.32. The zero-order valence-electron chi connectivity index (χ0n) is 11.6. The van der Waals surface area contributed by atoms with Crippen LogP contribution in [0.5, 0.6) is 0 Å². The first-order chi connectivity index (χ1) is 9.01. The summed E-state index contributed by atoms with van der Waals surface area (Å²) in [7, 11) is 2.08. The molecule has 0 fully saturated rings. The SMILES string of the molecule is Cc1cc(C)cc(N(C)c2ccc(Br)cc2CN)c1. The summed E-state index contributed by atoms with van der Waals surface area (Å²) in [6.45, 7) is 4.77. The molecule has 0 atom stereocenters. The van der Waals surface area contributed by atoms with Gasteiger partial charge in [-0.2, -0.15) is 0 Å². The summed E-state index contributed by atoms with van der Waals surface area (Å²) in [6.07, 6.45) is 0. The van der Waals surface area contributed by atoms with E-state index in [1.165, 1.54) is 16.8 Å². The summed E-state index contributed by atoms with van der Waals surface area (Å²) in [5.41, 5.74) is 11.9. The van der Waals surface area contributed by atoms with Crippen molar-refractivity contribution in [2.24, 2.45) is 5.73 Å². The Morgan fingerprint density at radius 3 is 2.26 bits per heavy atom. The van der Waals surface area contributed by atoms with E-state index < -0.39 is 0 Å². The third kappa shape index (κ3) is 3.17. The van der Waals surface area contributed by atoms with Gasteiger partial charge in [0.05, 0.1) is 0 Å². The molecule has 2 N–H and O–H groups in total. The molecule has 0 spiro atoms. The van der Waals surface area contributed by atoms with Gasteiger partial charge in [0.15, 0.2) is 0 Å². The molecule has 0 heterocycles. The molecule has 0 saturated carbocycles. The number of nitrogens with zero attached hydrogens (tertiary/aromatic N) is 1. The van der Waals surface area contributed by atoms with Crippen LogP contribution >= 0.6 is 15.9 Å². The van der Waals surface area contributed by atoms with Gasteiger partial charge in [0.25, 0.3) is 0 Å². The van der Waals surface area contributed by atoms with E-state index in [-0.39, 0.29) is 0 Å². The lowest BCUT2D eigenvalue weighted by Gasteiger charge is -2.23. The van der Waals surface area contributed by atoms with Crippen LogP contribution in [0.3, 0.4) is 0 Å². The minimum atomic E-state index is 0.532. The average molecular weight is 319 g/mol. The van der Waals surface area contributed by atoms with Crippen LogP contribution in [-0.4, -0.2) is 7.05 Å². The fourth-order valence-corrected chi connectivity index (χ4v) is 2.74. The lowest BCUT2D eigenvalue weighted by atomic mass is 10.1. The van der Waals surface area contributed by atoms with Crippen LogP contribution in [0.25, 0.3) is 0 Å². The van der Waals surface area contributed by atoms with E-state index in [1.54, 1.807) is 0 Å². The van der Waals surface area contributed by atoms with Crippen molar-refractivity contribution < 1.29 is 0 Å². The molecule has 2 aromatic rings. The standard InChI is InChI=1S/C16H19BrN2/c1-11-6-12(2)8-15(7-11)19(3)16-5-4-14(17)9-13(16)10-18/h4-9H,10,18H2,1-3H3. The van der Waals surface area contributed by atoms with Crippen molar-refractivity contribution in [1.82, 2.24) is 0 Å². The van der Waals surface area contributed by atoms with Crippen LogP contribution in [0, 0.1) is 13.8 Å². The van der Waals surface area contributed by atoms with Crippen molar-refractivity contribution in [3.63, 3.8) is 0 Å². The normalized spacial score (nSPS) is 10.6. The van der Waals surface area contributed by atoms with Gasteiger partial charge in [-0.1, -0.05) is 22.0 Å². The number of rotatable bonds is 3. The first-order valence-electron chi connectivity index (χ1n) is 6.32. The van der Waals surface area contributed by atoms with Crippen molar-refractivity contribution in [3.8, 4) is 0 Å². The minimum Gasteiger partial charge on any atom is -0.344 e.